The summed E-state index contributed by atoms with van der Waals surface area (Å²) in [4.78, 5) is 26.2. The van der Waals surface area contributed by atoms with E-state index in [0.29, 0.717) is 23.6 Å². The molecule has 1 atom stereocenters. The zero-order chi connectivity index (χ0) is 17.7. The highest BCUT2D eigenvalue weighted by Gasteiger charge is 2.32. The highest BCUT2D eigenvalue weighted by Crippen LogP contribution is 2.28. The molecule has 2 rings (SSSR count). The quantitative estimate of drug-likeness (QED) is 0.469. The van der Waals surface area contributed by atoms with Crippen LogP contribution in [0.1, 0.15) is 24.9 Å². The number of hydrogen-bond acceptors (Lipinski definition) is 4. The van der Waals surface area contributed by atoms with Crippen LogP contribution in [0.25, 0.3) is 0 Å². The molecule has 6 nitrogen and oxygen atoms in total. The van der Waals surface area contributed by atoms with E-state index in [9.17, 15) is 9.59 Å². The average Bonchev–Trinajstić information content (AvgIpc) is 2.54. The number of benzene rings is 1. The minimum atomic E-state index is -0.543. The molecule has 130 valence electrons. The number of esters is 1. The molecular formula is C17H22ClN3O3. The molecule has 1 aliphatic rings. The third-order valence-corrected chi connectivity index (χ3v) is 4.01. The molecule has 0 fully saturated rings. The Bertz CT molecular complexity index is 641. The van der Waals surface area contributed by atoms with Crippen LogP contribution in [-0.2, 0) is 9.53 Å². The topological polar surface area (TPSA) is 70.7 Å². The maximum absolute atomic E-state index is 12.4. The number of nitrogens with one attached hydrogen (secondary N) is 2. The SMILES string of the molecule is CC1=C(C(=O)OCCCCl)[C@@H](c2ccc(N(C)C)cc2)NC(=O)N1. The molecule has 1 aromatic rings. The van der Waals surface area contributed by atoms with Gasteiger partial charge < -0.3 is 20.3 Å². The van der Waals surface area contributed by atoms with Gasteiger partial charge in [-0.1, -0.05) is 12.1 Å². The first-order valence-corrected chi connectivity index (χ1v) is 8.26. The molecule has 2 N–H and O–H groups in total. The lowest BCUT2D eigenvalue weighted by molar-refractivity contribution is -0.139. The van der Waals surface area contributed by atoms with Crippen LogP contribution < -0.4 is 15.5 Å². The van der Waals surface area contributed by atoms with Crippen molar-refractivity contribution in [2.24, 2.45) is 0 Å². The molecule has 0 aromatic heterocycles. The first kappa shape index (κ1) is 18.1. The van der Waals surface area contributed by atoms with E-state index in [1.807, 2.05) is 43.3 Å². The van der Waals surface area contributed by atoms with E-state index in [2.05, 4.69) is 10.6 Å². The minimum absolute atomic E-state index is 0.249. The number of alkyl halides is 1. The van der Waals surface area contributed by atoms with Gasteiger partial charge in [-0.3, -0.25) is 0 Å². The number of urea groups is 1. The van der Waals surface area contributed by atoms with Crippen LogP contribution in [0.15, 0.2) is 35.5 Å². The van der Waals surface area contributed by atoms with Crippen molar-refractivity contribution in [2.75, 3.05) is 31.5 Å². The zero-order valence-corrected chi connectivity index (χ0v) is 14.8. The van der Waals surface area contributed by atoms with Gasteiger partial charge in [0.2, 0.25) is 0 Å². The minimum Gasteiger partial charge on any atom is -0.462 e. The lowest BCUT2D eigenvalue weighted by Crippen LogP contribution is -2.45. The highest BCUT2D eigenvalue weighted by atomic mass is 35.5. The third kappa shape index (κ3) is 4.20. The number of halogens is 1. The summed E-state index contributed by atoms with van der Waals surface area (Å²) in [5, 5.41) is 5.41. The third-order valence-electron chi connectivity index (χ3n) is 3.74. The van der Waals surface area contributed by atoms with E-state index in [0.717, 1.165) is 11.3 Å². The van der Waals surface area contributed by atoms with Gasteiger partial charge in [0.25, 0.3) is 0 Å². The maximum Gasteiger partial charge on any atom is 0.338 e. The lowest BCUT2D eigenvalue weighted by atomic mass is 9.95. The number of rotatable bonds is 6. The first-order valence-electron chi connectivity index (χ1n) is 7.72. The van der Waals surface area contributed by atoms with Gasteiger partial charge in [-0.2, -0.15) is 0 Å². The summed E-state index contributed by atoms with van der Waals surface area (Å²) in [6.45, 7) is 1.94. The van der Waals surface area contributed by atoms with Crippen LogP contribution in [0.4, 0.5) is 10.5 Å². The molecule has 1 aromatic carbocycles. The number of allylic oxidation sites excluding steroid dienone is 1. The number of carbonyl (C=O) groups is 2. The molecular weight excluding hydrogens is 330 g/mol. The second-order valence-corrected chi connectivity index (χ2v) is 6.11. The number of hydrogen-bond donors (Lipinski definition) is 2. The largest absolute Gasteiger partial charge is 0.462 e. The summed E-state index contributed by atoms with van der Waals surface area (Å²) in [5.74, 6) is -0.0257. The number of carbonyl (C=O) groups excluding carboxylic acids is 2. The Balaban J connectivity index is 2.28. The maximum atomic E-state index is 12.4. The summed E-state index contributed by atoms with van der Waals surface area (Å²) in [5.41, 5.74) is 2.75. The van der Waals surface area contributed by atoms with E-state index in [1.165, 1.54) is 0 Å². The van der Waals surface area contributed by atoms with Crippen molar-refractivity contribution >= 4 is 29.3 Å². The van der Waals surface area contributed by atoms with Gasteiger partial charge in [0, 0.05) is 31.4 Å². The Morgan fingerprint density at radius 3 is 2.54 bits per heavy atom. The normalized spacial score (nSPS) is 17.2. The van der Waals surface area contributed by atoms with E-state index in [1.54, 1.807) is 6.92 Å². The molecule has 2 amide bonds. The van der Waals surface area contributed by atoms with Crippen LogP contribution >= 0.6 is 11.6 Å². The number of amides is 2. The molecule has 0 aliphatic carbocycles. The Hall–Kier alpha value is -2.21. The standard InChI is InChI=1S/C17H22ClN3O3/c1-11-14(16(22)24-10-4-9-18)15(20-17(23)19-11)12-5-7-13(8-6-12)21(2)3/h5-8,15H,4,9-10H2,1-3H3,(H2,19,20,23)/t15-/m1/s1. The average molecular weight is 352 g/mol. The van der Waals surface area contributed by atoms with Crippen LogP contribution in [0, 0.1) is 0 Å². The Morgan fingerprint density at radius 2 is 1.96 bits per heavy atom. The fourth-order valence-corrected chi connectivity index (χ4v) is 2.59. The molecule has 24 heavy (non-hydrogen) atoms. The van der Waals surface area contributed by atoms with Crippen LogP contribution in [0.5, 0.6) is 0 Å². The second kappa shape index (κ2) is 8.06. The van der Waals surface area contributed by atoms with Crippen LogP contribution in [0.2, 0.25) is 0 Å². The van der Waals surface area contributed by atoms with Crippen molar-refractivity contribution < 1.29 is 14.3 Å². The first-order chi connectivity index (χ1) is 11.4. The van der Waals surface area contributed by atoms with Gasteiger partial charge in [-0.05, 0) is 31.0 Å². The van der Waals surface area contributed by atoms with Gasteiger partial charge in [-0.15, -0.1) is 11.6 Å². The predicted molar refractivity (Wildman–Crippen MR) is 94.2 cm³/mol. The number of ether oxygens (including phenoxy) is 1. The summed E-state index contributed by atoms with van der Waals surface area (Å²) in [6, 6.07) is 6.78. The van der Waals surface area contributed by atoms with Gasteiger partial charge >= 0.3 is 12.0 Å². The van der Waals surface area contributed by atoms with Crippen molar-refractivity contribution in [1.29, 1.82) is 0 Å². The Morgan fingerprint density at radius 1 is 1.29 bits per heavy atom. The number of nitrogens with zero attached hydrogens (tertiary/aromatic N) is 1. The monoisotopic (exact) mass is 351 g/mol. The van der Waals surface area contributed by atoms with Crippen molar-refractivity contribution in [1.82, 2.24) is 10.6 Å². The molecule has 0 unspecified atom stereocenters. The predicted octanol–water partition coefficient (Wildman–Crippen LogP) is 2.55. The smallest absolute Gasteiger partial charge is 0.338 e. The van der Waals surface area contributed by atoms with Crippen LogP contribution in [0.3, 0.4) is 0 Å². The van der Waals surface area contributed by atoms with E-state index in [4.69, 9.17) is 16.3 Å². The molecule has 0 spiro atoms. The fourth-order valence-electron chi connectivity index (χ4n) is 2.48. The van der Waals surface area contributed by atoms with Gasteiger partial charge in [-0.25, -0.2) is 9.59 Å². The van der Waals surface area contributed by atoms with Crippen LogP contribution in [-0.4, -0.2) is 38.6 Å². The summed E-state index contributed by atoms with van der Waals surface area (Å²) < 4.78 is 5.26. The van der Waals surface area contributed by atoms with Crippen molar-refractivity contribution in [3.8, 4) is 0 Å². The number of anilines is 1. The Kier molecular flexibility index (Phi) is 6.09. The fraction of sp³-hybridized carbons (Fsp3) is 0.412. The van der Waals surface area contributed by atoms with Crippen molar-refractivity contribution in [3.05, 3.63) is 41.1 Å². The molecule has 1 heterocycles. The Labute approximate surface area is 146 Å². The van der Waals surface area contributed by atoms with Gasteiger partial charge in [0.05, 0.1) is 18.2 Å². The van der Waals surface area contributed by atoms with Gasteiger partial charge in [0.1, 0.15) is 0 Å². The van der Waals surface area contributed by atoms with Crippen molar-refractivity contribution in [2.45, 2.75) is 19.4 Å². The van der Waals surface area contributed by atoms with E-state index < -0.39 is 12.0 Å². The molecule has 1 aliphatic heterocycles. The van der Waals surface area contributed by atoms with Gasteiger partial charge in [0.15, 0.2) is 0 Å². The summed E-state index contributed by atoms with van der Waals surface area (Å²) >= 11 is 5.61. The second-order valence-electron chi connectivity index (χ2n) is 5.73. The molecule has 0 radical (unpaired) electrons. The van der Waals surface area contributed by atoms with E-state index in [-0.39, 0.29) is 12.6 Å². The van der Waals surface area contributed by atoms with Crippen molar-refractivity contribution in [3.63, 3.8) is 0 Å². The summed E-state index contributed by atoms with van der Waals surface area (Å²) in [6.07, 6.45) is 0.585. The highest BCUT2D eigenvalue weighted by molar-refractivity contribution is 6.17. The summed E-state index contributed by atoms with van der Waals surface area (Å²) in [7, 11) is 3.90. The molecule has 0 saturated heterocycles. The zero-order valence-electron chi connectivity index (χ0n) is 14.1. The lowest BCUT2D eigenvalue weighted by Gasteiger charge is -2.28. The molecule has 0 bridgehead atoms. The molecule has 0 saturated carbocycles. The molecule has 7 heteroatoms. The van der Waals surface area contributed by atoms with E-state index >= 15 is 0 Å².